The van der Waals surface area contributed by atoms with E-state index in [2.05, 4.69) is 40.0 Å². The van der Waals surface area contributed by atoms with Gasteiger partial charge in [0.25, 0.3) is 0 Å². The quantitative estimate of drug-likeness (QED) is 0.500. The Hall–Kier alpha value is -0.380. The number of aryl methyl sites for hydroxylation is 2. The van der Waals surface area contributed by atoms with E-state index in [9.17, 15) is 0 Å². The minimum absolute atomic E-state index is 0.253. The summed E-state index contributed by atoms with van der Waals surface area (Å²) in [5, 5.41) is 2.35. The lowest BCUT2D eigenvalue weighted by Gasteiger charge is -2.19. The molecular formula is C16H20S3. The third-order valence-electron chi connectivity index (χ3n) is 3.62. The Kier molecular flexibility index (Phi) is 3.27. The molecular weight excluding hydrogens is 288 g/mol. The molecule has 0 unspecified atom stereocenters. The van der Waals surface area contributed by atoms with Crippen molar-refractivity contribution >= 4 is 52.8 Å². The van der Waals surface area contributed by atoms with E-state index in [0.29, 0.717) is 0 Å². The van der Waals surface area contributed by atoms with Crippen LogP contribution in [0.15, 0.2) is 5.38 Å². The van der Waals surface area contributed by atoms with Gasteiger partial charge in [0.15, 0.2) is 0 Å². The van der Waals surface area contributed by atoms with E-state index in [0.717, 1.165) is 12.8 Å². The number of hydrogen-bond donors (Lipinski definition) is 0. The van der Waals surface area contributed by atoms with Gasteiger partial charge < -0.3 is 0 Å². The van der Waals surface area contributed by atoms with Crippen LogP contribution in [0, 0.1) is 0 Å². The molecule has 0 atom stereocenters. The fourth-order valence-electron chi connectivity index (χ4n) is 2.71. The molecule has 3 heterocycles. The lowest BCUT2D eigenvalue weighted by Crippen LogP contribution is -2.11. The average molecular weight is 309 g/mol. The molecule has 102 valence electrons. The van der Waals surface area contributed by atoms with Gasteiger partial charge in [-0.15, -0.1) is 34.0 Å². The zero-order valence-corrected chi connectivity index (χ0v) is 14.7. The molecule has 0 fully saturated rings. The summed E-state index contributed by atoms with van der Waals surface area (Å²) >= 11 is 6.00. The van der Waals surface area contributed by atoms with Gasteiger partial charge in [0.2, 0.25) is 0 Å². The van der Waals surface area contributed by atoms with E-state index in [1.807, 2.05) is 34.0 Å². The Morgan fingerprint density at radius 2 is 1.63 bits per heavy atom. The SMILES string of the molecule is CCc1sc2c(sc3c(CC)csc32)c1C(C)(C)C. The standard InChI is InChI=1S/C16H20S3/c1-6-9-8-17-14-12(9)19-13-11(16(3,4)5)10(7-2)18-15(13)14/h8H,6-7H2,1-5H3. The molecule has 19 heavy (non-hydrogen) atoms. The van der Waals surface area contributed by atoms with Crippen LogP contribution in [-0.4, -0.2) is 0 Å². The Balaban J connectivity index is 2.40. The van der Waals surface area contributed by atoms with Crippen molar-refractivity contribution in [2.24, 2.45) is 0 Å². The fourth-order valence-corrected chi connectivity index (χ4v) is 7.51. The van der Waals surface area contributed by atoms with Gasteiger partial charge in [-0.25, -0.2) is 0 Å². The smallest absolute Gasteiger partial charge is 0.0635 e. The summed E-state index contributed by atoms with van der Waals surface area (Å²) in [6.45, 7) is 11.6. The zero-order valence-electron chi connectivity index (χ0n) is 12.2. The van der Waals surface area contributed by atoms with E-state index >= 15 is 0 Å². The number of thiophene rings is 3. The molecule has 3 rings (SSSR count). The lowest BCUT2D eigenvalue weighted by molar-refractivity contribution is 0.593. The van der Waals surface area contributed by atoms with Gasteiger partial charge in [-0.05, 0) is 34.8 Å². The van der Waals surface area contributed by atoms with E-state index in [1.54, 1.807) is 24.5 Å². The number of rotatable bonds is 2. The van der Waals surface area contributed by atoms with E-state index in [1.165, 1.54) is 10.3 Å². The van der Waals surface area contributed by atoms with Crippen LogP contribution in [0.5, 0.6) is 0 Å². The molecule has 0 nitrogen and oxygen atoms in total. The topological polar surface area (TPSA) is 0 Å². The van der Waals surface area contributed by atoms with Crippen molar-refractivity contribution in [2.45, 2.75) is 52.9 Å². The minimum Gasteiger partial charge on any atom is -0.141 e. The Morgan fingerprint density at radius 3 is 2.21 bits per heavy atom. The summed E-state index contributed by atoms with van der Waals surface area (Å²) in [6, 6.07) is 0. The summed E-state index contributed by atoms with van der Waals surface area (Å²) in [6.07, 6.45) is 2.31. The summed E-state index contributed by atoms with van der Waals surface area (Å²) in [5.74, 6) is 0. The van der Waals surface area contributed by atoms with Gasteiger partial charge >= 0.3 is 0 Å². The zero-order chi connectivity index (χ0) is 13.8. The summed E-state index contributed by atoms with van der Waals surface area (Å²) in [4.78, 5) is 1.59. The van der Waals surface area contributed by atoms with Gasteiger partial charge in [0.05, 0.1) is 18.8 Å². The molecule has 0 amide bonds. The molecule has 0 aliphatic heterocycles. The highest BCUT2D eigenvalue weighted by Crippen LogP contribution is 2.49. The van der Waals surface area contributed by atoms with Crippen LogP contribution in [0.25, 0.3) is 18.8 Å². The van der Waals surface area contributed by atoms with Crippen molar-refractivity contribution in [2.75, 3.05) is 0 Å². The summed E-state index contributed by atoms with van der Waals surface area (Å²) < 4.78 is 6.19. The average Bonchev–Trinajstić information content (AvgIpc) is 2.94. The molecule has 0 saturated heterocycles. The second-order valence-electron chi connectivity index (χ2n) is 6.04. The van der Waals surface area contributed by atoms with Crippen LogP contribution in [0.1, 0.15) is 50.6 Å². The summed E-state index contributed by atoms with van der Waals surface area (Å²) in [5.41, 5.74) is 3.39. The molecule has 3 heteroatoms. The van der Waals surface area contributed by atoms with Crippen LogP contribution in [0.2, 0.25) is 0 Å². The van der Waals surface area contributed by atoms with Gasteiger partial charge in [-0.1, -0.05) is 34.6 Å². The van der Waals surface area contributed by atoms with Crippen molar-refractivity contribution in [1.82, 2.24) is 0 Å². The van der Waals surface area contributed by atoms with Crippen molar-refractivity contribution < 1.29 is 0 Å². The van der Waals surface area contributed by atoms with Crippen LogP contribution in [0.4, 0.5) is 0 Å². The second-order valence-corrected chi connectivity index (χ2v) is 9.04. The molecule has 0 aliphatic rings. The largest absolute Gasteiger partial charge is 0.141 e. The van der Waals surface area contributed by atoms with Crippen molar-refractivity contribution in [3.05, 3.63) is 21.4 Å². The Morgan fingerprint density at radius 1 is 0.895 bits per heavy atom. The first-order valence-electron chi connectivity index (χ1n) is 6.92. The molecule has 0 spiro atoms. The highest BCUT2D eigenvalue weighted by molar-refractivity contribution is 7.38. The summed E-state index contributed by atoms with van der Waals surface area (Å²) in [7, 11) is 0. The second kappa shape index (κ2) is 4.57. The molecule has 0 aromatic carbocycles. The Bertz CT molecular complexity index is 731. The first-order chi connectivity index (χ1) is 8.97. The maximum Gasteiger partial charge on any atom is 0.0635 e. The molecule has 0 aliphatic carbocycles. The molecule has 0 radical (unpaired) electrons. The monoisotopic (exact) mass is 308 g/mol. The van der Waals surface area contributed by atoms with Crippen molar-refractivity contribution in [3.63, 3.8) is 0 Å². The third-order valence-corrected chi connectivity index (χ3v) is 7.69. The van der Waals surface area contributed by atoms with Crippen molar-refractivity contribution in [1.29, 1.82) is 0 Å². The fraction of sp³-hybridized carbons (Fsp3) is 0.500. The molecule has 0 bridgehead atoms. The maximum absolute atomic E-state index is 2.35. The van der Waals surface area contributed by atoms with Gasteiger partial charge in [-0.3, -0.25) is 0 Å². The van der Waals surface area contributed by atoms with Gasteiger partial charge in [0.1, 0.15) is 0 Å². The van der Waals surface area contributed by atoms with Crippen LogP contribution >= 0.6 is 34.0 Å². The van der Waals surface area contributed by atoms with E-state index in [4.69, 9.17) is 0 Å². The highest BCUT2D eigenvalue weighted by Gasteiger charge is 2.26. The van der Waals surface area contributed by atoms with E-state index < -0.39 is 0 Å². The maximum atomic E-state index is 2.35. The van der Waals surface area contributed by atoms with Gasteiger partial charge in [0, 0.05) is 4.88 Å². The minimum atomic E-state index is 0.253. The van der Waals surface area contributed by atoms with Crippen LogP contribution in [-0.2, 0) is 18.3 Å². The highest BCUT2D eigenvalue weighted by atomic mass is 32.1. The lowest BCUT2D eigenvalue weighted by atomic mass is 9.87. The van der Waals surface area contributed by atoms with Crippen molar-refractivity contribution in [3.8, 4) is 0 Å². The predicted molar refractivity (Wildman–Crippen MR) is 92.5 cm³/mol. The Labute approximate surface area is 127 Å². The normalized spacial score (nSPS) is 12.9. The number of fused-ring (bicyclic) bond motifs is 3. The van der Waals surface area contributed by atoms with Crippen LogP contribution < -0.4 is 0 Å². The van der Waals surface area contributed by atoms with Gasteiger partial charge in [-0.2, -0.15) is 0 Å². The number of hydrogen-bond acceptors (Lipinski definition) is 3. The molecule has 3 aromatic heterocycles. The third kappa shape index (κ3) is 1.98. The predicted octanol–water partition coefficient (Wildman–Crippen LogP) is 6.60. The first kappa shape index (κ1) is 13.6. The first-order valence-corrected chi connectivity index (χ1v) is 9.43. The molecule has 3 aromatic rings. The molecule has 0 N–H and O–H groups in total. The van der Waals surface area contributed by atoms with E-state index in [-0.39, 0.29) is 5.41 Å². The van der Waals surface area contributed by atoms with Crippen LogP contribution in [0.3, 0.4) is 0 Å². The molecule has 0 saturated carbocycles.